The number of hydrogen-bond donors (Lipinski definition) is 2. The van der Waals surface area contributed by atoms with Crippen LogP contribution in [0.25, 0.3) is 11.0 Å². The number of allylic oxidation sites excluding steroid dienone is 1. The monoisotopic (exact) mass is 202 g/mol. The molecule has 4 heteroatoms. The van der Waals surface area contributed by atoms with E-state index in [9.17, 15) is 0 Å². The quantitative estimate of drug-likeness (QED) is 0.751. The van der Waals surface area contributed by atoms with Crippen molar-refractivity contribution in [3.8, 4) is 0 Å². The maximum Gasteiger partial charge on any atom is 0.174 e. The SMILES string of the molecule is CC(C)=CCNc1n[nH]c2cccnc12. The summed E-state index contributed by atoms with van der Waals surface area (Å²) in [5.41, 5.74) is 3.13. The first-order valence-corrected chi connectivity index (χ1v) is 4.93. The number of hydrogen-bond acceptors (Lipinski definition) is 3. The van der Waals surface area contributed by atoms with Crippen molar-refractivity contribution in [2.24, 2.45) is 0 Å². The Morgan fingerprint density at radius 1 is 1.53 bits per heavy atom. The number of fused-ring (bicyclic) bond motifs is 1. The molecule has 2 aromatic heterocycles. The molecule has 2 N–H and O–H groups in total. The molecular weight excluding hydrogens is 188 g/mol. The number of nitrogens with one attached hydrogen (secondary N) is 2. The lowest BCUT2D eigenvalue weighted by Crippen LogP contribution is -1.99. The van der Waals surface area contributed by atoms with Crippen molar-refractivity contribution in [1.82, 2.24) is 15.2 Å². The van der Waals surface area contributed by atoms with Crippen LogP contribution in [0.4, 0.5) is 5.82 Å². The van der Waals surface area contributed by atoms with Crippen molar-refractivity contribution in [2.75, 3.05) is 11.9 Å². The smallest absolute Gasteiger partial charge is 0.174 e. The second kappa shape index (κ2) is 4.13. The molecule has 0 spiro atoms. The fourth-order valence-electron chi connectivity index (χ4n) is 1.33. The van der Waals surface area contributed by atoms with Crippen LogP contribution >= 0.6 is 0 Å². The second-order valence-electron chi connectivity index (χ2n) is 3.63. The highest BCUT2D eigenvalue weighted by Crippen LogP contribution is 2.16. The van der Waals surface area contributed by atoms with Crippen molar-refractivity contribution in [2.45, 2.75) is 13.8 Å². The average molecular weight is 202 g/mol. The minimum Gasteiger partial charge on any atom is -0.363 e. The van der Waals surface area contributed by atoms with Gasteiger partial charge in [-0.2, -0.15) is 5.10 Å². The Balaban J connectivity index is 2.18. The van der Waals surface area contributed by atoms with Crippen molar-refractivity contribution in [3.05, 3.63) is 30.0 Å². The Hall–Kier alpha value is -1.84. The summed E-state index contributed by atoms with van der Waals surface area (Å²) in [6.07, 6.45) is 3.88. The normalized spacial score (nSPS) is 10.3. The molecule has 0 unspecified atom stereocenters. The molecule has 0 saturated heterocycles. The van der Waals surface area contributed by atoms with Gasteiger partial charge in [-0.15, -0.1) is 0 Å². The number of pyridine rings is 1. The van der Waals surface area contributed by atoms with E-state index >= 15 is 0 Å². The maximum atomic E-state index is 4.26. The topological polar surface area (TPSA) is 53.6 Å². The van der Waals surface area contributed by atoms with E-state index in [-0.39, 0.29) is 0 Å². The van der Waals surface area contributed by atoms with Crippen LogP contribution in [0.15, 0.2) is 30.0 Å². The highest BCUT2D eigenvalue weighted by molar-refractivity contribution is 5.85. The molecular formula is C11H14N4. The summed E-state index contributed by atoms with van der Waals surface area (Å²) in [6, 6.07) is 3.85. The van der Waals surface area contributed by atoms with Crippen LogP contribution in [0, 0.1) is 0 Å². The van der Waals surface area contributed by atoms with Crippen molar-refractivity contribution in [3.63, 3.8) is 0 Å². The minimum atomic E-state index is 0.777. The zero-order chi connectivity index (χ0) is 10.7. The van der Waals surface area contributed by atoms with Gasteiger partial charge < -0.3 is 5.32 Å². The molecule has 0 radical (unpaired) electrons. The van der Waals surface area contributed by atoms with E-state index < -0.39 is 0 Å². The lowest BCUT2D eigenvalue weighted by atomic mass is 10.3. The molecule has 0 saturated carbocycles. The van der Waals surface area contributed by atoms with Gasteiger partial charge in [-0.25, -0.2) is 0 Å². The van der Waals surface area contributed by atoms with Crippen molar-refractivity contribution < 1.29 is 0 Å². The highest BCUT2D eigenvalue weighted by atomic mass is 15.2. The summed E-state index contributed by atoms with van der Waals surface area (Å²) in [4.78, 5) is 4.26. The Morgan fingerprint density at radius 3 is 3.20 bits per heavy atom. The Bertz CT molecular complexity index is 480. The van der Waals surface area contributed by atoms with Crippen LogP contribution in [0.1, 0.15) is 13.8 Å². The van der Waals surface area contributed by atoms with Gasteiger partial charge >= 0.3 is 0 Å². The van der Waals surface area contributed by atoms with E-state index in [1.165, 1.54) is 5.57 Å². The molecule has 0 amide bonds. The molecule has 4 nitrogen and oxygen atoms in total. The molecule has 0 bridgehead atoms. The summed E-state index contributed by atoms with van der Waals surface area (Å²) in [5, 5.41) is 10.3. The lowest BCUT2D eigenvalue weighted by Gasteiger charge is -1.98. The molecule has 15 heavy (non-hydrogen) atoms. The molecule has 0 atom stereocenters. The number of anilines is 1. The summed E-state index contributed by atoms with van der Waals surface area (Å²) >= 11 is 0. The number of H-pyrrole nitrogens is 1. The van der Waals surface area contributed by atoms with E-state index in [1.807, 2.05) is 12.1 Å². The van der Waals surface area contributed by atoms with Gasteiger partial charge in [0, 0.05) is 12.7 Å². The zero-order valence-corrected chi connectivity index (χ0v) is 8.91. The number of aromatic amines is 1. The van der Waals surface area contributed by atoms with Gasteiger partial charge in [0.25, 0.3) is 0 Å². The predicted octanol–water partition coefficient (Wildman–Crippen LogP) is 2.34. The van der Waals surface area contributed by atoms with E-state index in [0.29, 0.717) is 0 Å². The lowest BCUT2D eigenvalue weighted by molar-refractivity contribution is 1.10. The minimum absolute atomic E-state index is 0.777. The van der Waals surface area contributed by atoms with Crippen LogP contribution in [-0.4, -0.2) is 21.7 Å². The van der Waals surface area contributed by atoms with Crippen LogP contribution in [-0.2, 0) is 0 Å². The third-order valence-corrected chi connectivity index (χ3v) is 2.10. The fourth-order valence-corrected chi connectivity index (χ4v) is 1.33. The predicted molar refractivity (Wildman–Crippen MR) is 61.8 cm³/mol. The maximum absolute atomic E-state index is 4.26. The highest BCUT2D eigenvalue weighted by Gasteiger charge is 2.03. The summed E-state index contributed by atoms with van der Waals surface area (Å²) in [5.74, 6) is 0.808. The molecule has 78 valence electrons. The van der Waals surface area contributed by atoms with Crippen LogP contribution in [0.2, 0.25) is 0 Å². The fraction of sp³-hybridized carbons (Fsp3) is 0.273. The molecule has 0 fully saturated rings. The summed E-state index contributed by atoms with van der Waals surface area (Å²) < 4.78 is 0. The Kier molecular flexibility index (Phi) is 2.67. The van der Waals surface area contributed by atoms with Gasteiger partial charge in [-0.1, -0.05) is 11.6 Å². The van der Waals surface area contributed by atoms with Crippen molar-refractivity contribution >= 4 is 16.9 Å². The van der Waals surface area contributed by atoms with E-state index in [1.54, 1.807) is 6.20 Å². The first-order chi connectivity index (χ1) is 7.27. The number of rotatable bonds is 3. The molecule has 0 aromatic carbocycles. The number of aromatic nitrogens is 3. The second-order valence-corrected chi connectivity index (χ2v) is 3.63. The standard InChI is InChI=1S/C11H14N4/c1-8(2)5-7-13-11-10-9(14-15-11)4-3-6-12-10/h3-6H,7H2,1-2H3,(H2,13,14,15). The first kappa shape index (κ1) is 9.71. The molecule has 0 aliphatic carbocycles. The molecule has 2 aromatic rings. The third kappa shape index (κ3) is 2.15. The molecule has 2 rings (SSSR count). The van der Waals surface area contributed by atoms with Crippen LogP contribution in [0.3, 0.4) is 0 Å². The van der Waals surface area contributed by atoms with Crippen LogP contribution < -0.4 is 5.32 Å². The van der Waals surface area contributed by atoms with E-state index in [4.69, 9.17) is 0 Å². The van der Waals surface area contributed by atoms with E-state index in [0.717, 1.165) is 23.4 Å². The van der Waals surface area contributed by atoms with Gasteiger partial charge in [0.05, 0.1) is 5.52 Å². The summed E-state index contributed by atoms with van der Waals surface area (Å²) in [6.45, 7) is 4.92. The number of nitrogens with zero attached hydrogens (tertiary/aromatic N) is 2. The van der Waals surface area contributed by atoms with Crippen LogP contribution in [0.5, 0.6) is 0 Å². The zero-order valence-electron chi connectivity index (χ0n) is 8.91. The van der Waals surface area contributed by atoms with Gasteiger partial charge in [0.1, 0.15) is 5.52 Å². The molecule has 0 aliphatic rings. The third-order valence-electron chi connectivity index (χ3n) is 2.10. The first-order valence-electron chi connectivity index (χ1n) is 4.93. The average Bonchev–Trinajstić information content (AvgIpc) is 2.62. The van der Waals surface area contributed by atoms with Gasteiger partial charge in [0.2, 0.25) is 0 Å². The van der Waals surface area contributed by atoms with Gasteiger partial charge in [-0.3, -0.25) is 10.1 Å². The Morgan fingerprint density at radius 2 is 2.40 bits per heavy atom. The summed E-state index contributed by atoms with van der Waals surface area (Å²) in [7, 11) is 0. The molecule has 0 aliphatic heterocycles. The van der Waals surface area contributed by atoms with Crippen molar-refractivity contribution in [1.29, 1.82) is 0 Å². The van der Waals surface area contributed by atoms with Gasteiger partial charge in [-0.05, 0) is 26.0 Å². The molecule has 2 heterocycles. The van der Waals surface area contributed by atoms with E-state index in [2.05, 4.69) is 40.4 Å². The largest absolute Gasteiger partial charge is 0.363 e. The van der Waals surface area contributed by atoms with Gasteiger partial charge in [0.15, 0.2) is 5.82 Å². The Labute approximate surface area is 88.4 Å².